The van der Waals surface area contributed by atoms with Crippen molar-refractivity contribution in [1.29, 1.82) is 0 Å². The highest BCUT2D eigenvalue weighted by Gasteiger charge is 2.64. The molecule has 0 spiro atoms. The molecule has 2 amide bonds. The number of thiazole rings is 2. The van der Waals surface area contributed by atoms with Crippen molar-refractivity contribution in [3.8, 4) is 27.8 Å². The van der Waals surface area contributed by atoms with Gasteiger partial charge in [-0.1, -0.05) is 25.6 Å². The fourth-order valence-electron chi connectivity index (χ4n) is 14.4. The van der Waals surface area contributed by atoms with E-state index in [1.807, 2.05) is 154 Å². The Hall–Kier alpha value is -10.5. The number of amides is 2. The first-order valence-corrected chi connectivity index (χ1v) is 47.7. The molecule has 41 heteroatoms. The molecular weight excluding hydrogens is 1920 g/mol. The maximum atomic E-state index is 13.7. The quantitative estimate of drug-likeness (QED) is 0.0374. The molecule has 724 valence electrons. The Morgan fingerprint density at radius 1 is 0.493 bits per heavy atom. The minimum atomic E-state index is -0.614. The van der Waals surface area contributed by atoms with Gasteiger partial charge in [0.2, 0.25) is 17.8 Å². The van der Waals surface area contributed by atoms with Gasteiger partial charge in [0.1, 0.15) is 69.2 Å². The van der Waals surface area contributed by atoms with Gasteiger partial charge in [-0.25, -0.2) is 72.2 Å². The van der Waals surface area contributed by atoms with Crippen LogP contribution in [0.3, 0.4) is 0 Å². The first-order valence-electron chi connectivity index (χ1n) is 44.3. The summed E-state index contributed by atoms with van der Waals surface area (Å²) < 4.78 is 118. The van der Waals surface area contributed by atoms with Gasteiger partial charge in [0.25, 0.3) is 0 Å². The van der Waals surface area contributed by atoms with E-state index in [-0.39, 0.29) is 89.6 Å². The maximum absolute atomic E-state index is 13.7. The molecule has 6 aromatic carbocycles. The first-order chi connectivity index (χ1) is 63.7. The molecule has 11 aromatic rings. The summed E-state index contributed by atoms with van der Waals surface area (Å²) >= 11 is 9.40. The molecule has 0 radical (unpaired) electrons. The third kappa shape index (κ3) is 27.5. The van der Waals surface area contributed by atoms with E-state index in [2.05, 4.69) is 97.7 Å². The van der Waals surface area contributed by atoms with Crippen LogP contribution in [0.15, 0.2) is 147 Å². The van der Waals surface area contributed by atoms with E-state index in [1.165, 1.54) is 73.3 Å². The van der Waals surface area contributed by atoms with E-state index in [0.29, 0.717) is 135 Å². The fraction of sp³-hybridized carbons (Fsp3) is 0.453. The third-order valence-corrected chi connectivity index (χ3v) is 26.2. The highest BCUT2D eigenvalue weighted by Crippen LogP contribution is 2.45. The Kier molecular flexibility index (Phi) is 33.9. The number of esters is 2. The average molecular weight is 2040 g/mol. The number of rotatable bonds is 17. The van der Waals surface area contributed by atoms with Gasteiger partial charge in [-0.15, -0.1) is 22.7 Å². The molecule has 0 saturated carbocycles. The van der Waals surface area contributed by atoms with Crippen molar-refractivity contribution >= 4 is 173 Å². The van der Waals surface area contributed by atoms with Crippen molar-refractivity contribution in [1.82, 2.24) is 55.0 Å². The van der Waals surface area contributed by atoms with Crippen molar-refractivity contribution in [2.24, 2.45) is 0 Å². The zero-order chi connectivity index (χ0) is 97.3. The molecular formula is C95H116B3Br2F3N14O17S2. The second-order valence-corrected chi connectivity index (χ2v) is 41.3. The van der Waals surface area contributed by atoms with Crippen LogP contribution in [-0.4, -0.2) is 212 Å². The van der Waals surface area contributed by atoms with Crippen molar-refractivity contribution in [2.45, 2.75) is 227 Å². The number of ether oxygens (including phenoxy) is 7. The molecule has 136 heavy (non-hydrogen) atoms. The van der Waals surface area contributed by atoms with E-state index in [4.69, 9.17) is 56.3 Å². The summed E-state index contributed by atoms with van der Waals surface area (Å²) in [5.41, 5.74) is 2.87. The van der Waals surface area contributed by atoms with Crippen LogP contribution in [0.1, 0.15) is 185 Å². The van der Waals surface area contributed by atoms with Crippen LogP contribution in [0.4, 0.5) is 57.7 Å². The molecule has 5 aromatic heterocycles. The monoisotopic (exact) mass is 2040 g/mol. The number of nitrogens with zero attached hydrogens (tertiary/aromatic N) is 10. The number of hydrogen-bond acceptors (Lipinski definition) is 31. The number of fused-ring (bicyclic) bond motifs is 3. The van der Waals surface area contributed by atoms with Crippen LogP contribution in [0.25, 0.3) is 43.3 Å². The highest BCUT2D eigenvalue weighted by atomic mass is 79.9. The van der Waals surface area contributed by atoms with Gasteiger partial charge in [-0.2, -0.15) is 0 Å². The molecule has 17 rings (SSSR count). The van der Waals surface area contributed by atoms with E-state index in [9.17, 15) is 32.3 Å². The smallest absolute Gasteiger partial charge is 0.491 e. The zero-order valence-corrected chi connectivity index (χ0v) is 83.7. The van der Waals surface area contributed by atoms with Gasteiger partial charge in [0, 0.05) is 138 Å². The number of hydrogen-bond donors (Lipinski definition) is 4. The molecule has 0 bridgehead atoms. The Bertz CT molecular complexity index is 5980. The molecule has 6 saturated heterocycles. The van der Waals surface area contributed by atoms with Gasteiger partial charge in [-0.05, 0) is 248 Å². The zero-order valence-electron chi connectivity index (χ0n) is 78.9. The Morgan fingerprint density at radius 2 is 0.875 bits per heavy atom. The second kappa shape index (κ2) is 44.1. The van der Waals surface area contributed by atoms with Crippen molar-refractivity contribution in [3.63, 3.8) is 0 Å². The van der Waals surface area contributed by atoms with Crippen molar-refractivity contribution in [3.05, 3.63) is 176 Å². The number of likely N-dealkylation sites (tertiary alicyclic amines) is 2. The van der Waals surface area contributed by atoms with Crippen LogP contribution in [0.2, 0.25) is 0 Å². The lowest BCUT2D eigenvalue weighted by Crippen LogP contribution is -2.44. The lowest BCUT2D eigenvalue weighted by atomic mass is 9.49. The summed E-state index contributed by atoms with van der Waals surface area (Å²) in [6, 6.07) is 29.7. The number of methoxy groups -OCH3 is 2. The molecule has 0 aliphatic carbocycles. The van der Waals surface area contributed by atoms with Crippen LogP contribution in [0, 0.1) is 17.5 Å². The number of benzene rings is 6. The van der Waals surface area contributed by atoms with Crippen molar-refractivity contribution in [2.75, 3.05) is 69.4 Å². The first kappa shape index (κ1) is 104. The topological polar surface area (TPSA) is 346 Å². The molecule has 1 atom stereocenters. The fourth-order valence-corrected chi connectivity index (χ4v) is 16.7. The highest BCUT2D eigenvalue weighted by molar-refractivity contribution is 9.11. The Morgan fingerprint density at radius 3 is 1.27 bits per heavy atom. The van der Waals surface area contributed by atoms with Crippen LogP contribution in [0.5, 0.6) is 17.2 Å². The Balaban J connectivity index is 0.000000161. The summed E-state index contributed by atoms with van der Waals surface area (Å²) in [5.74, 6) is 1.06. The number of carbonyl (C=O) groups excluding carboxylic acids is 4. The minimum absolute atomic E-state index is 0. The lowest BCUT2D eigenvalue weighted by Gasteiger charge is -2.34. The maximum Gasteiger partial charge on any atom is 0.498 e. The van der Waals surface area contributed by atoms with Gasteiger partial charge in [0.15, 0.2) is 15.3 Å². The summed E-state index contributed by atoms with van der Waals surface area (Å²) in [6.45, 7) is 37.4. The molecule has 1 unspecified atom stereocenters. The lowest BCUT2D eigenvalue weighted by molar-refractivity contribution is 0.00578. The normalized spacial score (nSPS) is 17.9. The Labute approximate surface area is 816 Å². The second-order valence-electron chi connectivity index (χ2n) is 37.4. The predicted octanol–water partition coefficient (Wildman–Crippen LogP) is 20.4. The van der Waals surface area contributed by atoms with Gasteiger partial charge >= 0.3 is 45.3 Å². The largest absolute Gasteiger partial charge is 0.498 e. The summed E-state index contributed by atoms with van der Waals surface area (Å²) in [4.78, 5) is 86.1. The van der Waals surface area contributed by atoms with Crippen LogP contribution >= 0.6 is 54.5 Å². The third-order valence-electron chi connectivity index (χ3n) is 23.4. The number of piperidine rings is 3. The number of carbonyl (C=O) groups is 4. The molecule has 4 N–H and O–H groups in total. The molecule has 11 heterocycles. The molecule has 6 aliphatic rings. The molecule has 31 nitrogen and oxygen atoms in total. The number of nitrogens with one attached hydrogen (secondary N) is 4. The SMILES string of the molecule is C.CC(C)(C)OC(=O)N1CCC(Oc2cc3nc(Nc4cccc(F)c4)ncc3cc2Br)CC1.CC1(C)OB(B2OC(C)(C)C(C)(C)O2)OC1(C)C.CC1OB(c2cc3cnc(Nc4cccc(F)c4)nc3cc2OC2CCN(C(=O)OC(C)(C)C)CC2)OC1(C)C.COC(=O)c1csc(-c2cc3cnc(Nc4cccc(F)c4)nc3cc2OC2CCNCC2)n1.COC(=O)c1csc(Br)n1. The van der Waals surface area contributed by atoms with Crippen LogP contribution < -0.4 is 40.9 Å². The molecule has 6 aliphatic heterocycles. The number of anilines is 6. The van der Waals surface area contributed by atoms with Gasteiger partial charge < -0.3 is 92.2 Å². The summed E-state index contributed by atoms with van der Waals surface area (Å²) in [7, 11) is 1.09. The van der Waals surface area contributed by atoms with Gasteiger partial charge in [-0.3, -0.25) is 0 Å². The van der Waals surface area contributed by atoms with E-state index >= 15 is 0 Å². The number of aromatic nitrogens is 8. The van der Waals surface area contributed by atoms with E-state index < -0.39 is 49.9 Å². The number of halogens is 5. The standard InChI is InChI=1S/C29H36BFN4O5.C24H26BrFN4O3.C24H22FN5O3S.C12H24B2O4.C5H4BrNO2S.CH4/c1-18-29(5,6)40-30(39-18)23-14-19-17-32-26(33-21-9-7-8-20(31)15-21)34-24(19)16-25(23)37-22-10-12-35(13-11-22)27(36)38-28(2,3)4;1-24(2,3)33-23(31)30-9-7-18(8-10-30)32-21-13-20-15(11-19(21)25)14-27-22(29-20)28-17-6-4-5-16(26)12-17;1-32-23(31)20-13-34-22(29-20)18-9-14-12-27-24(28-16-4-2-3-15(25)10-16)30-19(14)11-21(18)33-17-5-7-26-8-6-17;1-9(2)10(3,4)16-13(15-9)14-17-11(5,6)12(7,8)18-14;1-9-4(8)3-2-10-5(6)7-3;/h7-9,14-18,22H,10-13H2,1-6H3,(H,32,33,34);4-6,11-14,18H,7-10H2,1-3H3,(H,27,28,29);2-4,9-13,17,26H,5-8H2,1H3,(H,27,28,30);1-8H3;2H,1H3;1H4. The summed E-state index contributed by atoms with van der Waals surface area (Å²) in [5, 5.41) is 18.8. The minimum Gasteiger partial charge on any atom is -0.491 e. The average Bonchev–Trinajstić information content (AvgIpc) is 1.59. The predicted molar refractivity (Wildman–Crippen MR) is 528 cm³/mol. The summed E-state index contributed by atoms with van der Waals surface area (Å²) in [6.07, 6.45) is 8.81. The van der Waals surface area contributed by atoms with E-state index in [0.717, 1.165) is 57.6 Å². The van der Waals surface area contributed by atoms with E-state index in [1.54, 1.807) is 75.5 Å². The van der Waals surface area contributed by atoms with Crippen molar-refractivity contribution < 1.29 is 93.4 Å². The molecule has 6 fully saturated rings. The van der Waals surface area contributed by atoms with Crippen LogP contribution in [-0.2, 0) is 46.9 Å². The van der Waals surface area contributed by atoms with Gasteiger partial charge in [0.05, 0.1) is 74.9 Å².